The summed E-state index contributed by atoms with van der Waals surface area (Å²) in [5, 5.41) is 2.86. The maximum atomic E-state index is 12.7. The summed E-state index contributed by atoms with van der Waals surface area (Å²) in [6.45, 7) is 3.90. The van der Waals surface area contributed by atoms with Crippen molar-refractivity contribution in [3.63, 3.8) is 0 Å². The van der Waals surface area contributed by atoms with Crippen LogP contribution in [0, 0.1) is 0 Å². The molecule has 2 amide bonds. The van der Waals surface area contributed by atoms with Crippen LogP contribution in [0.15, 0.2) is 42.5 Å². The number of ether oxygens (including phenoxy) is 1. The summed E-state index contributed by atoms with van der Waals surface area (Å²) in [5.41, 5.74) is 4.43. The number of anilines is 3. The summed E-state index contributed by atoms with van der Waals surface area (Å²) in [7, 11) is 0. The van der Waals surface area contributed by atoms with E-state index in [4.69, 9.17) is 4.74 Å². The number of rotatable bonds is 3. The van der Waals surface area contributed by atoms with Gasteiger partial charge in [0, 0.05) is 12.1 Å². The van der Waals surface area contributed by atoms with Crippen molar-refractivity contribution in [1.29, 1.82) is 0 Å². The molecule has 1 heterocycles. The van der Waals surface area contributed by atoms with Crippen molar-refractivity contribution in [1.82, 2.24) is 0 Å². The summed E-state index contributed by atoms with van der Waals surface area (Å²) in [5.74, 6) is -0.0587. The van der Waals surface area contributed by atoms with E-state index in [-0.39, 0.29) is 5.91 Å². The zero-order chi connectivity index (χ0) is 17.8. The molecule has 0 fully saturated rings. The Morgan fingerprint density at radius 2 is 1.76 bits per heavy atom. The molecule has 1 aliphatic heterocycles. The standard InChI is InChI=1S/C20H22N2O3/c1-3-19(23)21-16-12-11-15-10-9-14-7-5-6-8-17(14)22(18(15)13-16)20(24)25-4-2/h5-8,11-13H,3-4,9-10H2,1-2H3,(H,21,23). The van der Waals surface area contributed by atoms with Crippen molar-refractivity contribution in [3.8, 4) is 0 Å². The largest absolute Gasteiger partial charge is 0.449 e. The topological polar surface area (TPSA) is 58.6 Å². The molecular weight excluding hydrogens is 316 g/mol. The molecule has 0 atom stereocenters. The predicted octanol–water partition coefficient (Wildman–Crippen LogP) is 4.43. The molecule has 0 spiro atoms. The lowest BCUT2D eigenvalue weighted by molar-refractivity contribution is -0.115. The van der Waals surface area contributed by atoms with Crippen molar-refractivity contribution in [2.24, 2.45) is 0 Å². The van der Waals surface area contributed by atoms with Crippen LogP contribution in [0.25, 0.3) is 0 Å². The highest BCUT2D eigenvalue weighted by molar-refractivity contribution is 5.99. The van der Waals surface area contributed by atoms with Crippen molar-refractivity contribution in [2.45, 2.75) is 33.1 Å². The van der Waals surface area contributed by atoms with Gasteiger partial charge in [0.2, 0.25) is 5.91 Å². The van der Waals surface area contributed by atoms with Crippen LogP contribution in [-0.2, 0) is 22.4 Å². The maximum absolute atomic E-state index is 12.7. The number of amides is 2. The molecule has 5 heteroatoms. The number of carbonyl (C=O) groups is 2. The van der Waals surface area contributed by atoms with Gasteiger partial charge in [0.25, 0.3) is 0 Å². The highest BCUT2D eigenvalue weighted by atomic mass is 16.6. The van der Waals surface area contributed by atoms with Gasteiger partial charge in [-0.2, -0.15) is 0 Å². The summed E-state index contributed by atoms with van der Waals surface area (Å²) < 4.78 is 5.29. The number of nitrogens with one attached hydrogen (secondary N) is 1. The Hall–Kier alpha value is -2.82. The van der Waals surface area contributed by atoms with Crippen molar-refractivity contribution in [2.75, 3.05) is 16.8 Å². The Morgan fingerprint density at radius 3 is 2.48 bits per heavy atom. The van der Waals surface area contributed by atoms with Crippen LogP contribution >= 0.6 is 0 Å². The van der Waals surface area contributed by atoms with E-state index in [1.807, 2.05) is 42.5 Å². The Morgan fingerprint density at radius 1 is 1.04 bits per heavy atom. The first-order valence-electron chi connectivity index (χ1n) is 8.61. The maximum Gasteiger partial charge on any atom is 0.418 e. The lowest BCUT2D eigenvalue weighted by atomic mass is 10.0. The second-order valence-corrected chi connectivity index (χ2v) is 5.91. The van der Waals surface area contributed by atoms with E-state index in [0.29, 0.717) is 18.7 Å². The SMILES string of the molecule is CCOC(=O)N1c2ccccc2CCc2ccc(NC(=O)CC)cc21. The third kappa shape index (κ3) is 3.50. The minimum atomic E-state index is -0.405. The first-order valence-corrected chi connectivity index (χ1v) is 8.61. The van der Waals surface area contributed by atoms with Gasteiger partial charge in [0.1, 0.15) is 0 Å². The summed E-state index contributed by atoms with van der Waals surface area (Å²) in [4.78, 5) is 26.0. The number of hydrogen-bond acceptors (Lipinski definition) is 3. The van der Waals surface area contributed by atoms with Gasteiger partial charge in [-0.15, -0.1) is 0 Å². The number of nitrogens with zero attached hydrogens (tertiary/aromatic N) is 1. The van der Waals surface area contributed by atoms with Crippen LogP contribution in [0.2, 0.25) is 0 Å². The molecule has 0 aliphatic carbocycles. The van der Waals surface area contributed by atoms with Gasteiger partial charge in [-0.25, -0.2) is 9.69 Å². The van der Waals surface area contributed by atoms with Crippen LogP contribution in [0.4, 0.5) is 21.9 Å². The average Bonchev–Trinajstić information content (AvgIpc) is 2.78. The minimum Gasteiger partial charge on any atom is -0.449 e. The average molecular weight is 338 g/mol. The Labute approximate surface area is 147 Å². The minimum absolute atomic E-state index is 0.0587. The Bertz CT molecular complexity index is 801. The summed E-state index contributed by atoms with van der Waals surface area (Å²) >= 11 is 0. The van der Waals surface area contributed by atoms with E-state index < -0.39 is 6.09 Å². The van der Waals surface area contributed by atoms with E-state index in [9.17, 15) is 9.59 Å². The Balaban J connectivity index is 2.10. The van der Waals surface area contributed by atoms with E-state index in [2.05, 4.69) is 5.32 Å². The lowest BCUT2D eigenvalue weighted by Gasteiger charge is -2.24. The third-order valence-corrected chi connectivity index (χ3v) is 4.28. The first kappa shape index (κ1) is 17.0. The van der Waals surface area contributed by atoms with Gasteiger partial charge in [-0.3, -0.25) is 4.79 Å². The summed E-state index contributed by atoms with van der Waals surface area (Å²) in [6, 6.07) is 13.6. The summed E-state index contributed by atoms with van der Waals surface area (Å²) in [6.07, 6.45) is 1.67. The van der Waals surface area contributed by atoms with Gasteiger partial charge in [0.15, 0.2) is 0 Å². The molecule has 130 valence electrons. The molecule has 3 rings (SSSR count). The first-order chi connectivity index (χ1) is 12.1. The van der Waals surface area contributed by atoms with Gasteiger partial charge >= 0.3 is 6.09 Å². The quantitative estimate of drug-likeness (QED) is 0.901. The zero-order valence-corrected chi connectivity index (χ0v) is 14.5. The highest BCUT2D eigenvalue weighted by Gasteiger charge is 2.27. The molecule has 0 radical (unpaired) electrons. The van der Waals surface area contributed by atoms with E-state index >= 15 is 0 Å². The molecule has 1 N–H and O–H groups in total. The van der Waals surface area contributed by atoms with Crippen molar-refractivity contribution in [3.05, 3.63) is 53.6 Å². The number of aryl methyl sites for hydroxylation is 2. The number of fused-ring (bicyclic) bond motifs is 2. The van der Waals surface area contributed by atoms with Crippen LogP contribution in [-0.4, -0.2) is 18.6 Å². The molecule has 2 aromatic rings. The fourth-order valence-corrected chi connectivity index (χ4v) is 3.03. The van der Waals surface area contributed by atoms with Crippen LogP contribution in [0.1, 0.15) is 31.4 Å². The van der Waals surface area contributed by atoms with Crippen LogP contribution in [0.5, 0.6) is 0 Å². The van der Waals surface area contributed by atoms with Gasteiger partial charge in [-0.1, -0.05) is 31.2 Å². The van der Waals surface area contributed by atoms with Gasteiger partial charge < -0.3 is 10.1 Å². The Kier molecular flexibility index (Phi) is 5.03. The van der Waals surface area contributed by atoms with Gasteiger partial charge in [-0.05, 0) is 49.1 Å². The molecule has 0 saturated heterocycles. The molecule has 5 nitrogen and oxygen atoms in total. The highest BCUT2D eigenvalue weighted by Crippen LogP contribution is 2.38. The fourth-order valence-electron chi connectivity index (χ4n) is 3.03. The predicted molar refractivity (Wildman–Crippen MR) is 98.4 cm³/mol. The lowest BCUT2D eigenvalue weighted by Crippen LogP contribution is -2.27. The molecule has 0 saturated carbocycles. The van der Waals surface area contributed by atoms with E-state index in [1.54, 1.807) is 18.7 Å². The van der Waals surface area contributed by atoms with Crippen molar-refractivity contribution >= 4 is 29.1 Å². The van der Waals surface area contributed by atoms with E-state index in [1.165, 1.54) is 0 Å². The number of benzene rings is 2. The smallest absolute Gasteiger partial charge is 0.418 e. The third-order valence-electron chi connectivity index (χ3n) is 4.28. The zero-order valence-electron chi connectivity index (χ0n) is 14.5. The van der Waals surface area contributed by atoms with Crippen molar-refractivity contribution < 1.29 is 14.3 Å². The second-order valence-electron chi connectivity index (χ2n) is 5.91. The monoisotopic (exact) mass is 338 g/mol. The van der Waals surface area contributed by atoms with E-state index in [0.717, 1.165) is 35.3 Å². The van der Waals surface area contributed by atoms with Gasteiger partial charge in [0.05, 0.1) is 18.0 Å². The molecule has 25 heavy (non-hydrogen) atoms. The molecular formula is C20H22N2O3. The van der Waals surface area contributed by atoms with Crippen LogP contribution < -0.4 is 10.2 Å². The molecule has 2 aromatic carbocycles. The number of para-hydroxylation sites is 1. The normalized spacial score (nSPS) is 12.6. The number of carbonyl (C=O) groups excluding carboxylic acids is 2. The second kappa shape index (κ2) is 7.38. The number of hydrogen-bond donors (Lipinski definition) is 1. The molecule has 0 bridgehead atoms. The fraction of sp³-hybridized carbons (Fsp3) is 0.300. The van der Waals surface area contributed by atoms with Crippen LogP contribution in [0.3, 0.4) is 0 Å². The molecule has 1 aliphatic rings. The molecule has 0 aromatic heterocycles. The molecule has 0 unspecified atom stereocenters.